The molecule has 0 N–H and O–H groups in total. The monoisotopic (exact) mass is 392 g/mol. The molecule has 0 unspecified atom stereocenters. The quantitative estimate of drug-likeness (QED) is 0.412. The van der Waals surface area contributed by atoms with E-state index < -0.39 is 0 Å². The van der Waals surface area contributed by atoms with E-state index in [1.807, 2.05) is 47.8 Å². The summed E-state index contributed by atoms with van der Waals surface area (Å²) in [5, 5.41) is 2.84. The summed E-state index contributed by atoms with van der Waals surface area (Å²) >= 11 is 1.57. The average molecular weight is 392 g/mol. The van der Waals surface area contributed by atoms with E-state index >= 15 is 0 Å². The zero-order valence-electron chi connectivity index (χ0n) is 15.3. The summed E-state index contributed by atoms with van der Waals surface area (Å²) < 4.78 is 18.1. The third-order valence-corrected chi connectivity index (χ3v) is 5.76. The van der Waals surface area contributed by atoms with Gasteiger partial charge in [-0.25, -0.2) is 4.98 Å². The van der Waals surface area contributed by atoms with Crippen molar-refractivity contribution in [3.05, 3.63) is 59.6 Å². The molecule has 142 valence electrons. The van der Waals surface area contributed by atoms with E-state index in [9.17, 15) is 0 Å². The van der Waals surface area contributed by atoms with Crippen molar-refractivity contribution < 1.29 is 13.9 Å². The third kappa shape index (κ3) is 3.47. The molecule has 0 amide bonds. The molecule has 0 spiro atoms. The Morgan fingerprint density at radius 2 is 1.93 bits per heavy atom. The van der Waals surface area contributed by atoms with Crippen LogP contribution in [0.25, 0.3) is 21.7 Å². The van der Waals surface area contributed by atoms with Gasteiger partial charge in [0.1, 0.15) is 23.5 Å². The van der Waals surface area contributed by atoms with E-state index in [-0.39, 0.29) is 6.10 Å². The fourth-order valence-electron chi connectivity index (χ4n) is 3.54. The van der Waals surface area contributed by atoms with Gasteiger partial charge < -0.3 is 13.9 Å². The Morgan fingerprint density at radius 3 is 2.71 bits per heavy atom. The summed E-state index contributed by atoms with van der Waals surface area (Å²) in [5.41, 5.74) is 3.35. The maximum Gasteiger partial charge on any atom is 0.395 e. The Morgan fingerprint density at radius 1 is 1.07 bits per heavy atom. The standard InChI is InChI=1S/C22H20N2O3S/c1-2-6-15(7-3-1)14-25-18-11-10-17(21-23-12-13-28-21)20-19(18)24-22(27-20)26-16-8-4-5-9-16/h1-3,6-7,10-13,16H,4-5,8-9,14H2. The summed E-state index contributed by atoms with van der Waals surface area (Å²) in [6, 6.07) is 14.0. The van der Waals surface area contributed by atoms with Gasteiger partial charge >= 0.3 is 6.08 Å². The molecule has 0 radical (unpaired) electrons. The second-order valence-electron chi connectivity index (χ2n) is 6.90. The number of benzene rings is 2. The predicted octanol–water partition coefficient (Wildman–Crippen LogP) is 5.85. The van der Waals surface area contributed by atoms with Gasteiger partial charge in [-0.05, 0) is 43.4 Å². The van der Waals surface area contributed by atoms with Gasteiger partial charge in [0.05, 0.1) is 5.56 Å². The van der Waals surface area contributed by atoms with E-state index in [0.717, 1.165) is 29.0 Å². The van der Waals surface area contributed by atoms with Gasteiger partial charge in [0.2, 0.25) is 0 Å². The predicted molar refractivity (Wildman–Crippen MR) is 109 cm³/mol. The number of oxazole rings is 1. The largest absolute Gasteiger partial charge is 0.486 e. The molecule has 1 aliphatic rings. The topological polar surface area (TPSA) is 57.4 Å². The molecule has 28 heavy (non-hydrogen) atoms. The molecular formula is C22H20N2O3S. The minimum atomic E-state index is 0.185. The van der Waals surface area contributed by atoms with Crippen LogP contribution in [0.2, 0.25) is 0 Å². The smallest absolute Gasteiger partial charge is 0.395 e. The molecule has 5 rings (SSSR count). The van der Waals surface area contributed by atoms with Crippen LogP contribution in [0.4, 0.5) is 0 Å². The molecule has 0 saturated heterocycles. The number of hydrogen-bond donors (Lipinski definition) is 0. The maximum atomic E-state index is 6.07. The molecule has 0 bridgehead atoms. The zero-order chi connectivity index (χ0) is 18.8. The molecule has 6 heteroatoms. The summed E-state index contributed by atoms with van der Waals surface area (Å²) in [6.45, 7) is 0.470. The second-order valence-corrected chi connectivity index (χ2v) is 7.80. The molecule has 0 atom stereocenters. The highest BCUT2D eigenvalue weighted by molar-refractivity contribution is 7.13. The number of rotatable bonds is 6. The van der Waals surface area contributed by atoms with Gasteiger partial charge in [-0.2, -0.15) is 4.98 Å². The van der Waals surface area contributed by atoms with Gasteiger partial charge in [0, 0.05) is 11.6 Å². The minimum Gasteiger partial charge on any atom is -0.486 e. The van der Waals surface area contributed by atoms with Crippen molar-refractivity contribution in [2.45, 2.75) is 38.4 Å². The van der Waals surface area contributed by atoms with Crippen molar-refractivity contribution in [3.63, 3.8) is 0 Å². The lowest BCUT2D eigenvalue weighted by Crippen LogP contribution is -2.10. The Kier molecular flexibility index (Phi) is 4.71. The van der Waals surface area contributed by atoms with Crippen LogP contribution in [-0.2, 0) is 6.61 Å². The number of nitrogens with zero attached hydrogens (tertiary/aromatic N) is 2. The highest BCUT2D eigenvalue weighted by Crippen LogP contribution is 2.38. The average Bonchev–Trinajstić information content (AvgIpc) is 3.49. The Balaban J connectivity index is 1.50. The summed E-state index contributed by atoms with van der Waals surface area (Å²) in [5.74, 6) is 0.684. The van der Waals surface area contributed by atoms with Crippen LogP contribution in [-0.4, -0.2) is 16.1 Å². The van der Waals surface area contributed by atoms with Crippen LogP contribution in [0, 0.1) is 0 Å². The first-order valence-corrected chi connectivity index (χ1v) is 10.4. The molecule has 5 nitrogen and oxygen atoms in total. The normalized spacial score (nSPS) is 14.6. The number of thiazole rings is 1. The molecule has 2 heterocycles. The molecule has 4 aromatic rings. The highest BCUT2D eigenvalue weighted by atomic mass is 32.1. The van der Waals surface area contributed by atoms with Gasteiger partial charge in [-0.15, -0.1) is 11.3 Å². The molecule has 2 aromatic heterocycles. The van der Waals surface area contributed by atoms with Crippen molar-refractivity contribution in [2.75, 3.05) is 0 Å². The SMILES string of the molecule is c1ccc(COc2ccc(-c3nccs3)c3oc(OC4CCCC4)nc23)cc1. The first kappa shape index (κ1) is 17.3. The van der Waals surface area contributed by atoms with Gasteiger partial charge in [0.25, 0.3) is 0 Å². The van der Waals surface area contributed by atoms with E-state index in [1.54, 1.807) is 17.5 Å². The lowest BCUT2D eigenvalue weighted by molar-refractivity contribution is 0.156. The van der Waals surface area contributed by atoms with E-state index in [2.05, 4.69) is 9.97 Å². The lowest BCUT2D eigenvalue weighted by Gasteiger charge is -2.07. The molecule has 1 saturated carbocycles. The van der Waals surface area contributed by atoms with E-state index in [4.69, 9.17) is 13.9 Å². The molecule has 1 aliphatic carbocycles. The zero-order valence-corrected chi connectivity index (χ0v) is 16.2. The van der Waals surface area contributed by atoms with Gasteiger partial charge in [-0.3, -0.25) is 0 Å². The second kappa shape index (κ2) is 7.64. The number of hydrogen-bond acceptors (Lipinski definition) is 6. The van der Waals surface area contributed by atoms with Crippen LogP contribution in [0.15, 0.2) is 58.5 Å². The van der Waals surface area contributed by atoms with Gasteiger partial charge in [0.15, 0.2) is 11.1 Å². The van der Waals surface area contributed by atoms with Crippen molar-refractivity contribution in [1.29, 1.82) is 0 Å². The number of ether oxygens (including phenoxy) is 2. The fourth-order valence-corrected chi connectivity index (χ4v) is 4.20. The van der Waals surface area contributed by atoms with Crippen LogP contribution in [0.5, 0.6) is 11.8 Å². The highest BCUT2D eigenvalue weighted by Gasteiger charge is 2.22. The van der Waals surface area contributed by atoms with Crippen LogP contribution in [0.1, 0.15) is 31.2 Å². The van der Waals surface area contributed by atoms with E-state index in [0.29, 0.717) is 29.5 Å². The maximum absolute atomic E-state index is 6.07. The van der Waals surface area contributed by atoms with Crippen molar-refractivity contribution >= 4 is 22.4 Å². The molecular weight excluding hydrogens is 372 g/mol. The van der Waals surface area contributed by atoms with Crippen LogP contribution < -0.4 is 9.47 Å². The Hall–Kier alpha value is -2.86. The molecule has 1 fully saturated rings. The fraction of sp³-hybridized carbons (Fsp3) is 0.273. The molecule has 0 aliphatic heterocycles. The van der Waals surface area contributed by atoms with Crippen LogP contribution >= 0.6 is 11.3 Å². The minimum absolute atomic E-state index is 0.185. The third-order valence-electron chi connectivity index (χ3n) is 4.96. The Bertz CT molecular complexity index is 1050. The lowest BCUT2D eigenvalue weighted by atomic mass is 10.2. The van der Waals surface area contributed by atoms with E-state index in [1.165, 1.54) is 12.8 Å². The van der Waals surface area contributed by atoms with Crippen molar-refractivity contribution in [3.8, 4) is 22.4 Å². The first-order chi connectivity index (χ1) is 13.9. The summed E-state index contributed by atoms with van der Waals surface area (Å²) in [7, 11) is 0. The molecule has 2 aromatic carbocycles. The van der Waals surface area contributed by atoms with Crippen molar-refractivity contribution in [2.24, 2.45) is 0 Å². The van der Waals surface area contributed by atoms with Crippen LogP contribution in [0.3, 0.4) is 0 Å². The first-order valence-electron chi connectivity index (χ1n) is 9.53. The summed E-state index contributed by atoms with van der Waals surface area (Å²) in [4.78, 5) is 9.04. The number of aromatic nitrogens is 2. The van der Waals surface area contributed by atoms with Gasteiger partial charge in [-0.1, -0.05) is 30.3 Å². The Labute approximate surface area is 167 Å². The van der Waals surface area contributed by atoms with Crippen molar-refractivity contribution in [1.82, 2.24) is 9.97 Å². The summed E-state index contributed by atoms with van der Waals surface area (Å²) in [6.07, 6.45) is 6.78. The number of fused-ring (bicyclic) bond motifs is 1.